The highest BCUT2D eigenvalue weighted by Crippen LogP contribution is 2.33. The van der Waals surface area contributed by atoms with Crippen LogP contribution in [0.1, 0.15) is 23.6 Å². The Hall–Kier alpha value is -0.850. The Morgan fingerprint density at radius 1 is 1.50 bits per heavy atom. The van der Waals surface area contributed by atoms with Crippen molar-refractivity contribution in [1.82, 2.24) is 0 Å². The number of thioether (sulfide) groups is 1. The van der Waals surface area contributed by atoms with Gasteiger partial charge < -0.3 is 4.74 Å². The monoisotopic (exact) mass is 283 g/mol. The van der Waals surface area contributed by atoms with Crippen LogP contribution in [-0.2, 0) is 6.42 Å². The second kappa shape index (κ2) is 6.92. The average molecular weight is 284 g/mol. The SMILES string of the molecule is COc1cc(C)c(Cl)c(C)c1CC(C)CSC#N. The van der Waals surface area contributed by atoms with E-state index in [4.69, 9.17) is 21.6 Å². The van der Waals surface area contributed by atoms with Gasteiger partial charge in [0.2, 0.25) is 0 Å². The first-order valence-electron chi connectivity index (χ1n) is 5.84. The molecule has 0 N–H and O–H groups in total. The summed E-state index contributed by atoms with van der Waals surface area (Å²) in [5, 5.41) is 11.5. The Bertz CT molecular complexity index is 468. The first-order valence-corrected chi connectivity index (χ1v) is 7.21. The summed E-state index contributed by atoms with van der Waals surface area (Å²) < 4.78 is 5.44. The zero-order valence-corrected chi connectivity index (χ0v) is 12.8. The van der Waals surface area contributed by atoms with Gasteiger partial charge >= 0.3 is 0 Å². The smallest absolute Gasteiger partial charge is 0.133 e. The van der Waals surface area contributed by atoms with Crippen molar-refractivity contribution in [3.63, 3.8) is 0 Å². The molecule has 4 heteroatoms. The molecule has 0 aliphatic heterocycles. The maximum absolute atomic E-state index is 8.58. The molecular weight excluding hydrogens is 266 g/mol. The van der Waals surface area contributed by atoms with E-state index in [0.29, 0.717) is 5.92 Å². The van der Waals surface area contributed by atoms with Crippen molar-refractivity contribution in [3.05, 3.63) is 27.8 Å². The zero-order valence-electron chi connectivity index (χ0n) is 11.2. The standard InChI is InChI=1S/C14H18ClNOS/c1-9(7-18-8-16)5-12-11(3)14(15)10(2)6-13(12)17-4/h6,9H,5,7H2,1-4H3. The number of benzene rings is 1. The summed E-state index contributed by atoms with van der Waals surface area (Å²) in [6, 6.07) is 1.98. The highest BCUT2D eigenvalue weighted by atomic mass is 35.5. The van der Waals surface area contributed by atoms with E-state index in [1.54, 1.807) is 7.11 Å². The Kier molecular flexibility index (Phi) is 5.84. The van der Waals surface area contributed by atoms with Crippen LogP contribution in [0.5, 0.6) is 5.75 Å². The van der Waals surface area contributed by atoms with Crippen LogP contribution in [0.15, 0.2) is 6.07 Å². The van der Waals surface area contributed by atoms with Crippen LogP contribution < -0.4 is 4.74 Å². The number of hydrogen-bond donors (Lipinski definition) is 0. The van der Waals surface area contributed by atoms with Gasteiger partial charge in [0.05, 0.1) is 7.11 Å². The van der Waals surface area contributed by atoms with Crippen LogP contribution in [0.3, 0.4) is 0 Å². The van der Waals surface area contributed by atoms with E-state index in [-0.39, 0.29) is 0 Å². The van der Waals surface area contributed by atoms with Crippen molar-refractivity contribution in [1.29, 1.82) is 5.26 Å². The molecule has 1 atom stereocenters. The van der Waals surface area contributed by atoms with Gasteiger partial charge in [0.15, 0.2) is 0 Å². The largest absolute Gasteiger partial charge is 0.496 e. The Labute approximate surface area is 118 Å². The van der Waals surface area contributed by atoms with Crippen LogP contribution in [0.25, 0.3) is 0 Å². The number of thiocyanates is 1. The molecule has 0 fully saturated rings. The zero-order chi connectivity index (χ0) is 13.7. The fraction of sp³-hybridized carbons (Fsp3) is 0.500. The number of methoxy groups -OCH3 is 1. The van der Waals surface area contributed by atoms with Crippen LogP contribution in [0, 0.1) is 30.4 Å². The molecule has 0 heterocycles. The van der Waals surface area contributed by atoms with Crippen molar-refractivity contribution >= 4 is 23.4 Å². The quantitative estimate of drug-likeness (QED) is 0.753. The minimum absolute atomic E-state index is 0.418. The molecule has 0 bridgehead atoms. The van der Waals surface area contributed by atoms with Crippen molar-refractivity contribution < 1.29 is 4.74 Å². The van der Waals surface area contributed by atoms with Gasteiger partial charge in [-0.2, -0.15) is 5.26 Å². The third-order valence-electron chi connectivity index (χ3n) is 2.98. The molecule has 0 amide bonds. The van der Waals surface area contributed by atoms with E-state index >= 15 is 0 Å². The third-order valence-corrected chi connectivity index (χ3v) is 4.42. The molecule has 1 aromatic rings. The van der Waals surface area contributed by atoms with Crippen molar-refractivity contribution in [2.45, 2.75) is 27.2 Å². The van der Waals surface area contributed by atoms with E-state index in [9.17, 15) is 0 Å². The lowest BCUT2D eigenvalue weighted by molar-refractivity contribution is 0.406. The molecule has 1 aromatic carbocycles. The van der Waals surface area contributed by atoms with Gasteiger partial charge in [0, 0.05) is 10.8 Å². The number of nitrogens with zero attached hydrogens (tertiary/aromatic N) is 1. The van der Waals surface area contributed by atoms with Gasteiger partial charge in [-0.15, -0.1) is 0 Å². The molecule has 1 unspecified atom stereocenters. The second-order valence-corrected chi connectivity index (χ2v) is 5.71. The predicted octanol–water partition coefficient (Wildman–Crippen LogP) is 4.36. The molecule has 0 saturated carbocycles. The number of nitriles is 1. The summed E-state index contributed by atoms with van der Waals surface area (Å²) in [4.78, 5) is 0. The fourth-order valence-corrected chi connectivity index (χ4v) is 2.63. The number of ether oxygens (including phenoxy) is 1. The second-order valence-electron chi connectivity index (χ2n) is 4.52. The molecule has 0 aliphatic carbocycles. The van der Waals surface area contributed by atoms with Gasteiger partial charge in [-0.25, -0.2) is 0 Å². The number of halogens is 1. The molecule has 0 spiro atoms. The van der Waals surface area contributed by atoms with E-state index in [2.05, 4.69) is 12.3 Å². The van der Waals surface area contributed by atoms with Gasteiger partial charge in [-0.1, -0.05) is 18.5 Å². The summed E-state index contributed by atoms with van der Waals surface area (Å²) in [7, 11) is 1.68. The van der Waals surface area contributed by atoms with Gasteiger partial charge in [0.25, 0.3) is 0 Å². The summed E-state index contributed by atoms with van der Waals surface area (Å²) in [6.07, 6.45) is 0.879. The van der Waals surface area contributed by atoms with Gasteiger partial charge in [0.1, 0.15) is 11.2 Å². The minimum Gasteiger partial charge on any atom is -0.496 e. The van der Waals surface area contributed by atoms with Crippen LogP contribution in [0.2, 0.25) is 5.02 Å². The predicted molar refractivity (Wildman–Crippen MR) is 78.4 cm³/mol. The fourth-order valence-electron chi connectivity index (χ4n) is 1.98. The first kappa shape index (κ1) is 15.2. The van der Waals surface area contributed by atoms with Crippen LogP contribution in [0.4, 0.5) is 0 Å². The molecule has 0 radical (unpaired) electrons. The van der Waals surface area contributed by atoms with E-state index in [1.807, 2.05) is 19.9 Å². The lowest BCUT2D eigenvalue weighted by Crippen LogP contribution is -2.06. The van der Waals surface area contributed by atoms with E-state index < -0.39 is 0 Å². The Balaban J connectivity index is 3.00. The normalized spacial score (nSPS) is 12.0. The lowest BCUT2D eigenvalue weighted by atomic mass is 9.96. The van der Waals surface area contributed by atoms with Crippen LogP contribution >= 0.6 is 23.4 Å². The maximum atomic E-state index is 8.58. The molecular formula is C14H18ClNOS. The van der Waals surface area contributed by atoms with Crippen LogP contribution in [-0.4, -0.2) is 12.9 Å². The van der Waals surface area contributed by atoms with E-state index in [1.165, 1.54) is 11.8 Å². The lowest BCUT2D eigenvalue weighted by Gasteiger charge is -2.17. The first-order chi connectivity index (χ1) is 8.51. The summed E-state index contributed by atoms with van der Waals surface area (Å²) >= 11 is 7.58. The highest BCUT2D eigenvalue weighted by molar-refractivity contribution is 8.03. The van der Waals surface area contributed by atoms with Gasteiger partial charge in [-0.3, -0.25) is 0 Å². The van der Waals surface area contributed by atoms with E-state index in [0.717, 1.165) is 39.6 Å². The molecule has 18 heavy (non-hydrogen) atoms. The number of aryl methyl sites for hydroxylation is 1. The molecule has 98 valence electrons. The van der Waals surface area contributed by atoms with Gasteiger partial charge in [-0.05, 0) is 60.7 Å². The van der Waals surface area contributed by atoms with Crippen molar-refractivity contribution in [3.8, 4) is 11.2 Å². The Morgan fingerprint density at radius 3 is 2.72 bits per heavy atom. The summed E-state index contributed by atoms with van der Waals surface area (Å²) in [5.74, 6) is 2.13. The maximum Gasteiger partial charge on any atom is 0.133 e. The summed E-state index contributed by atoms with van der Waals surface area (Å²) in [5.41, 5.74) is 3.27. The molecule has 2 nitrogen and oxygen atoms in total. The van der Waals surface area contributed by atoms with Crippen molar-refractivity contribution in [2.75, 3.05) is 12.9 Å². The Morgan fingerprint density at radius 2 is 2.17 bits per heavy atom. The molecule has 0 saturated heterocycles. The minimum atomic E-state index is 0.418. The topological polar surface area (TPSA) is 33.0 Å². The molecule has 0 aromatic heterocycles. The third kappa shape index (κ3) is 3.57. The highest BCUT2D eigenvalue weighted by Gasteiger charge is 2.15. The number of rotatable bonds is 5. The molecule has 0 aliphatic rings. The summed E-state index contributed by atoms with van der Waals surface area (Å²) in [6.45, 7) is 6.14. The number of hydrogen-bond acceptors (Lipinski definition) is 3. The molecule has 1 rings (SSSR count). The van der Waals surface area contributed by atoms with Crippen molar-refractivity contribution in [2.24, 2.45) is 5.92 Å². The average Bonchev–Trinajstić information content (AvgIpc) is 2.36.